The number of hydrogen-bond donors (Lipinski definition) is 1. The average Bonchev–Trinajstić information content (AvgIpc) is 2.65. The fourth-order valence-electron chi connectivity index (χ4n) is 1.48. The Morgan fingerprint density at radius 1 is 0.731 bits per heavy atom. The Morgan fingerprint density at radius 3 is 1.38 bits per heavy atom. The van der Waals surface area contributed by atoms with Crippen molar-refractivity contribution in [2.24, 2.45) is 5.41 Å². The zero-order chi connectivity index (χ0) is 20.0. The third-order valence-electron chi connectivity index (χ3n) is 2.87. The molecule has 0 atom stereocenters. The zero-order valence-corrected chi connectivity index (χ0v) is 14.2. The van der Waals surface area contributed by atoms with Crippen molar-refractivity contribution in [1.29, 1.82) is 5.41 Å². The summed E-state index contributed by atoms with van der Waals surface area (Å²) in [5.74, 6) is -3.05. The second-order valence-electron chi connectivity index (χ2n) is 5.00. The Kier molecular flexibility index (Phi) is 10.7. The molecule has 0 aliphatic rings. The number of carbonyl (C=O) groups is 4. The highest BCUT2D eigenvalue weighted by Gasteiger charge is 2.37. The lowest BCUT2D eigenvalue weighted by Crippen LogP contribution is -2.43. The first-order chi connectivity index (χ1) is 12.3. The molecule has 0 saturated carbocycles. The summed E-state index contributed by atoms with van der Waals surface area (Å²) in [6.45, 7) is 8.16. The summed E-state index contributed by atoms with van der Waals surface area (Å²) in [6.07, 6.45) is 3.31. The van der Waals surface area contributed by atoms with Crippen LogP contribution in [-0.2, 0) is 38.1 Å². The minimum Gasteiger partial charge on any atom is -0.464 e. The second-order valence-corrected chi connectivity index (χ2v) is 5.00. The van der Waals surface area contributed by atoms with Gasteiger partial charge >= 0.3 is 23.9 Å². The van der Waals surface area contributed by atoms with Crippen LogP contribution in [0.3, 0.4) is 0 Å². The summed E-state index contributed by atoms with van der Waals surface area (Å²) in [5, 5.41) is 6.89. The molecule has 0 aliphatic heterocycles. The van der Waals surface area contributed by atoms with Gasteiger partial charge in [-0.1, -0.05) is 19.7 Å². The highest BCUT2D eigenvalue weighted by atomic mass is 16.6. The molecular formula is C17H21NO8. The van der Waals surface area contributed by atoms with Crippen LogP contribution in [0.25, 0.3) is 0 Å². The lowest BCUT2D eigenvalue weighted by atomic mass is 9.92. The van der Waals surface area contributed by atoms with Gasteiger partial charge in [0.15, 0.2) is 0 Å². The van der Waals surface area contributed by atoms with E-state index in [0.717, 1.165) is 24.4 Å². The van der Waals surface area contributed by atoms with Crippen LogP contribution in [0.15, 0.2) is 38.0 Å². The van der Waals surface area contributed by atoms with Crippen LogP contribution >= 0.6 is 0 Å². The molecule has 0 radical (unpaired) electrons. The first-order valence-corrected chi connectivity index (χ1v) is 7.34. The fourth-order valence-corrected chi connectivity index (χ4v) is 1.48. The quantitative estimate of drug-likeness (QED) is 0.218. The molecule has 9 heteroatoms. The first kappa shape index (κ1) is 22.8. The molecule has 0 unspecified atom stereocenters. The Morgan fingerprint density at radius 2 is 1.08 bits per heavy atom. The van der Waals surface area contributed by atoms with Crippen molar-refractivity contribution >= 4 is 30.1 Å². The molecule has 0 aliphatic carbocycles. The molecule has 0 heterocycles. The maximum atomic E-state index is 11.5. The number of rotatable bonds is 13. The van der Waals surface area contributed by atoms with E-state index in [-0.39, 0.29) is 6.42 Å². The molecule has 0 aromatic carbocycles. The van der Waals surface area contributed by atoms with E-state index in [1.807, 2.05) is 0 Å². The normalized spacial score (nSPS) is 10.0. The summed E-state index contributed by atoms with van der Waals surface area (Å²) in [7, 11) is 0. The molecule has 0 aromatic rings. The third-order valence-corrected chi connectivity index (χ3v) is 2.87. The van der Waals surface area contributed by atoms with Gasteiger partial charge in [-0.3, -0.25) is 4.79 Å². The van der Waals surface area contributed by atoms with Crippen molar-refractivity contribution in [3.63, 3.8) is 0 Å². The van der Waals surface area contributed by atoms with Crippen LogP contribution in [0.5, 0.6) is 0 Å². The third kappa shape index (κ3) is 9.16. The maximum Gasteiger partial charge on any atom is 0.330 e. The number of esters is 4. The molecule has 0 bridgehead atoms. The molecule has 26 heavy (non-hydrogen) atoms. The van der Waals surface area contributed by atoms with E-state index in [2.05, 4.69) is 19.7 Å². The molecule has 0 spiro atoms. The first-order valence-electron chi connectivity index (χ1n) is 7.34. The van der Waals surface area contributed by atoms with Crippen molar-refractivity contribution in [1.82, 2.24) is 0 Å². The molecule has 0 amide bonds. The average molecular weight is 367 g/mol. The summed E-state index contributed by atoms with van der Waals surface area (Å²) in [5.41, 5.74) is -1.37. The van der Waals surface area contributed by atoms with Crippen LogP contribution in [0.1, 0.15) is 6.42 Å². The van der Waals surface area contributed by atoms with Gasteiger partial charge < -0.3 is 24.4 Å². The molecule has 0 rings (SSSR count). The molecule has 0 saturated heterocycles. The lowest BCUT2D eigenvalue weighted by Gasteiger charge is -2.31. The van der Waals surface area contributed by atoms with Crippen molar-refractivity contribution in [2.75, 3.05) is 26.4 Å². The molecular weight excluding hydrogens is 346 g/mol. The van der Waals surface area contributed by atoms with E-state index in [0.29, 0.717) is 0 Å². The molecule has 0 fully saturated rings. The fraction of sp³-hybridized carbons (Fsp3) is 0.353. The second kappa shape index (κ2) is 12.2. The van der Waals surface area contributed by atoms with Gasteiger partial charge in [0, 0.05) is 24.4 Å². The summed E-state index contributed by atoms with van der Waals surface area (Å²) in [4.78, 5) is 45.6. The van der Waals surface area contributed by atoms with Crippen LogP contribution in [0, 0.1) is 10.8 Å². The standard InChI is InChI=1S/C17H21NO8/c1-4-13(19)23-9-17(10-24-14(20)5-2,11-25-15(21)6-3)12-26-16(22)7-8-18/h4-6,8,18H,1-3,7,9-12H2. The van der Waals surface area contributed by atoms with Gasteiger partial charge in [-0.2, -0.15) is 0 Å². The van der Waals surface area contributed by atoms with E-state index in [9.17, 15) is 19.2 Å². The van der Waals surface area contributed by atoms with E-state index in [1.54, 1.807) is 0 Å². The van der Waals surface area contributed by atoms with Crippen LogP contribution in [0.2, 0.25) is 0 Å². The topological polar surface area (TPSA) is 129 Å². The van der Waals surface area contributed by atoms with Crippen LogP contribution in [-0.4, -0.2) is 56.5 Å². The minimum atomic E-state index is -1.37. The lowest BCUT2D eigenvalue weighted by molar-refractivity contribution is -0.165. The van der Waals surface area contributed by atoms with Crippen molar-refractivity contribution < 1.29 is 38.1 Å². The summed E-state index contributed by atoms with van der Waals surface area (Å²) in [6, 6.07) is 0. The zero-order valence-electron chi connectivity index (χ0n) is 14.2. The van der Waals surface area contributed by atoms with Gasteiger partial charge in [-0.05, 0) is 0 Å². The van der Waals surface area contributed by atoms with Gasteiger partial charge in [-0.25, -0.2) is 14.4 Å². The molecule has 142 valence electrons. The predicted molar refractivity (Wildman–Crippen MR) is 90.3 cm³/mol. The number of hydrogen-bond acceptors (Lipinski definition) is 9. The van der Waals surface area contributed by atoms with E-state index < -0.39 is 55.7 Å². The van der Waals surface area contributed by atoms with Gasteiger partial charge in [0.05, 0.1) is 6.42 Å². The Bertz CT molecular complexity index is 521. The van der Waals surface area contributed by atoms with E-state index in [4.69, 9.17) is 24.4 Å². The van der Waals surface area contributed by atoms with Crippen LogP contribution < -0.4 is 0 Å². The van der Waals surface area contributed by atoms with Gasteiger partial charge in [0.2, 0.25) is 0 Å². The van der Waals surface area contributed by atoms with Crippen LogP contribution in [0.4, 0.5) is 0 Å². The maximum absolute atomic E-state index is 11.5. The van der Waals surface area contributed by atoms with E-state index >= 15 is 0 Å². The Hall–Kier alpha value is -3.23. The minimum absolute atomic E-state index is 0.276. The number of ether oxygens (including phenoxy) is 4. The predicted octanol–water partition coefficient (Wildman–Crippen LogP) is 0.743. The van der Waals surface area contributed by atoms with Crippen molar-refractivity contribution in [2.45, 2.75) is 6.42 Å². The summed E-state index contributed by atoms with van der Waals surface area (Å²) < 4.78 is 19.9. The summed E-state index contributed by atoms with van der Waals surface area (Å²) >= 11 is 0. The Labute approximate surface area is 150 Å². The molecule has 0 aromatic heterocycles. The smallest absolute Gasteiger partial charge is 0.330 e. The SMILES string of the molecule is C=CC(=O)OCC(COC(=O)C=C)(COC(=O)C=C)COC(=O)CC=N. The van der Waals surface area contributed by atoms with Crippen molar-refractivity contribution in [3.05, 3.63) is 38.0 Å². The molecule has 1 N–H and O–H groups in total. The highest BCUT2D eigenvalue weighted by Crippen LogP contribution is 2.21. The largest absolute Gasteiger partial charge is 0.464 e. The van der Waals surface area contributed by atoms with Gasteiger partial charge in [-0.15, -0.1) is 0 Å². The monoisotopic (exact) mass is 367 g/mol. The number of nitrogens with one attached hydrogen (secondary N) is 1. The van der Waals surface area contributed by atoms with Crippen molar-refractivity contribution in [3.8, 4) is 0 Å². The van der Waals surface area contributed by atoms with E-state index in [1.165, 1.54) is 0 Å². The van der Waals surface area contributed by atoms with Gasteiger partial charge in [0.25, 0.3) is 0 Å². The number of carbonyl (C=O) groups excluding carboxylic acids is 4. The Balaban J connectivity index is 5.37. The highest BCUT2D eigenvalue weighted by molar-refractivity contribution is 5.84. The molecule has 9 nitrogen and oxygen atoms in total. The van der Waals surface area contributed by atoms with Gasteiger partial charge in [0.1, 0.15) is 31.8 Å².